The third kappa shape index (κ3) is 18.7. The molecule has 33 heavy (non-hydrogen) atoms. The number of carbonyl (C=O) groups is 3. The van der Waals surface area contributed by atoms with Crippen LogP contribution in [0.2, 0.25) is 0 Å². The molecule has 0 aromatic rings. The van der Waals surface area contributed by atoms with Crippen LogP contribution in [-0.4, -0.2) is 95.2 Å². The molecule has 1 amide bonds. The summed E-state index contributed by atoms with van der Waals surface area (Å²) in [6.45, 7) is 4.90. The van der Waals surface area contributed by atoms with Gasteiger partial charge < -0.3 is 38.5 Å². The Kier molecular flexibility index (Phi) is 18.0. The first-order valence-electron chi connectivity index (χ1n) is 11.5. The molecule has 0 heterocycles. The Bertz CT molecular complexity index is 542. The maximum Gasteiger partial charge on any atom is 0.407 e. The molecular formula is C22H39NO9S. The molecule has 0 saturated heterocycles. The predicted molar refractivity (Wildman–Crippen MR) is 124 cm³/mol. The molecule has 10 nitrogen and oxygen atoms in total. The van der Waals surface area contributed by atoms with E-state index in [4.69, 9.17) is 28.4 Å². The molecule has 0 aromatic carbocycles. The van der Waals surface area contributed by atoms with Crippen LogP contribution in [0, 0.1) is 0 Å². The number of rotatable bonds is 19. The molecule has 1 rings (SSSR count). The highest BCUT2D eigenvalue weighted by atomic mass is 32.1. The van der Waals surface area contributed by atoms with Gasteiger partial charge in [0, 0.05) is 17.7 Å². The van der Waals surface area contributed by atoms with Crippen LogP contribution in [0.25, 0.3) is 0 Å². The number of thiol groups is 1. The zero-order valence-corrected chi connectivity index (χ0v) is 20.5. The van der Waals surface area contributed by atoms with Crippen LogP contribution >= 0.6 is 12.6 Å². The molecule has 1 saturated carbocycles. The molecular weight excluding hydrogens is 454 g/mol. The maximum atomic E-state index is 11.7. The number of Topliss-reactive ketones (excluding diaryl/α,β-unsaturated/α-hetero) is 1. The second-order valence-electron chi connectivity index (χ2n) is 7.66. The summed E-state index contributed by atoms with van der Waals surface area (Å²) in [6.07, 6.45) is 3.81. The smallest absolute Gasteiger partial charge is 0.407 e. The third-order valence-electron chi connectivity index (χ3n) is 4.77. The largest absolute Gasteiger partial charge is 0.463 e. The molecule has 0 unspecified atom stereocenters. The van der Waals surface area contributed by atoms with Crippen LogP contribution in [0.4, 0.5) is 4.79 Å². The van der Waals surface area contributed by atoms with Crippen LogP contribution in [0.3, 0.4) is 0 Å². The number of ketones is 1. The van der Waals surface area contributed by atoms with Crippen molar-refractivity contribution < 1.29 is 42.8 Å². The summed E-state index contributed by atoms with van der Waals surface area (Å²) in [6, 6.07) is 0.179. The first-order chi connectivity index (χ1) is 16.0. The fraction of sp³-hybridized carbons (Fsp3) is 0.864. The SMILES string of the molecule is CC(=O)CCC(=O)OCCOCCOCCOCCOCCOC(=O)NC1CCC(S)CC1. The van der Waals surface area contributed by atoms with Gasteiger partial charge in [-0.25, -0.2) is 4.79 Å². The third-order valence-corrected chi connectivity index (χ3v) is 5.28. The monoisotopic (exact) mass is 493 g/mol. The molecule has 0 atom stereocenters. The molecule has 1 aliphatic carbocycles. The van der Waals surface area contributed by atoms with E-state index in [2.05, 4.69) is 17.9 Å². The normalized spacial score (nSPS) is 18.0. The Morgan fingerprint density at radius 3 is 1.64 bits per heavy atom. The summed E-state index contributed by atoms with van der Waals surface area (Å²) in [5, 5.41) is 3.31. The first kappa shape index (κ1) is 29.6. The number of hydrogen-bond donors (Lipinski definition) is 2. The average Bonchev–Trinajstić information content (AvgIpc) is 2.79. The number of alkyl carbamates (subject to hydrolysis) is 1. The summed E-state index contributed by atoms with van der Waals surface area (Å²) >= 11 is 4.44. The van der Waals surface area contributed by atoms with E-state index >= 15 is 0 Å². The zero-order chi connectivity index (χ0) is 24.2. The molecule has 1 aliphatic rings. The van der Waals surface area contributed by atoms with Gasteiger partial charge in [0.2, 0.25) is 0 Å². The summed E-state index contributed by atoms with van der Waals surface area (Å²) < 4.78 is 31.4. The molecule has 0 aromatic heterocycles. The lowest BCUT2D eigenvalue weighted by Crippen LogP contribution is -2.38. The highest BCUT2D eigenvalue weighted by Crippen LogP contribution is 2.22. The molecule has 0 radical (unpaired) electrons. The van der Waals surface area contributed by atoms with Gasteiger partial charge in [0.25, 0.3) is 0 Å². The molecule has 0 spiro atoms. The van der Waals surface area contributed by atoms with Gasteiger partial charge in [-0.05, 0) is 32.6 Å². The van der Waals surface area contributed by atoms with Crippen LogP contribution in [0.1, 0.15) is 45.4 Å². The van der Waals surface area contributed by atoms with Crippen molar-refractivity contribution >= 4 is 30.5 Å². The van der Waals surface area contributed by atoms with Crippen LogP contribution in [0.15, 0.2) is 0 Å². The van der Waals surface area contributed by atoms with Crippen molar-refractivity contribution in [1.82, 2.24) is 5.32 Å². The number of amides is 1. The second kappa shape index (κ2) is 20.0. The Morgan fingerprint density at radius 1 is 0.697 bits per heavy atom. The maximum absolute atomic E-state index is 11.7. The lowest BCUT2D eigenvalue weighted by atomic mass is 9.95. The second-order valence-corrected chi connectivity index (χ2v) is 8.39. The van der Waals surface area contributed by atoms with Crippen LogP contribution in [0.5, 0.6) is 0 Å². The van der Waals surface area contributed by atoms with Crippen LogP contribution < -0.4 is 5.32 Å². The number of esters is 1. The van der Waals surface area contributed by atoms with E-state index in [1.54, 1.807) is 0 Å². The molecule has 192 valence electrons. The number of hydrogen-bond acceptors (Lipinski definition) is 10. The molecule has 11 heteroatoms. The summed E-state index contributed by atoms with van der Waals surface area (Å²) in [5.41, 5.74) is 0. The van der Waals surface area contributed by atoms with Crippen molar-refractivity contribution in [3.8, 4) is 0 Å². The van der Waals surface area contributed by atoms with Crippen molar-refractivity contribution in [3.63, 3.8) is 0 Å². The molecule has 1 N–H and O–H groups in total. The van der Waals surface area contributed by atoms with Gasteiger partial charge in [-0.1, -0.05) is 0 Å². The molecule has 1 fully saturated rings. The van der Waals surface area contributed by atoms with E-state index in [1.165, 1.54) is 6.92 Å². The predicted octanol–water partition coefficient (Wildman–Crippen LogP) is 1.93. The quantitative estimate of drug-likeness (QED) is 0.158. The number of carbonyl (C=O) groups excluding carboxylic acids is 3. The van der Waals surface area contributed by atoms with Gasteiger partial charge in [-0.15, -0.1) is 0 Å². The van der Waals surface area contributed by atoms with E-state index in [0.717, 1.165) is 25.7 Å². The Labute approximate surface area is 201 Å². The van der Waals surface area contributed by atoms with E-state index in [0.29, 0.717) is 51.5 Å². The van der Waals surface area contributed by atoms with E-state index in [9.17, 15) is 14.4 Å². The van der Waals surface area contributed by atoms with Crippen molar-refractivity contribution in [3.05, 3.63) is 0 Å². The van der Waals surface area contributed by atoms with Crippen molar-refractivity contribution in [2.45, 2.75) is 56.7 Å². The average molecular weight is 494 g/mol. The Hall–Kier alpha value is -1.40. The van der Waals surface area contributed by atoms with Crippen molar-refractivity contribution in [2.24, 2.45) is 0 Å². The lowest BCUT2D eigenvalue weighted by molar-refractivity contribution is -0.146. The summed E-state index contributed by atoms with van der Waals surface area (Å²) in [4.78, 5) is 33.8. The fourth-order valence-corrected chi connectivity index (χ4v) is 3.25. The van der Waals surface area contributed by atoms with Crippen molar-refractivity contribution in [2.75, 3.05) is 66.1 Å². The highest BCUT2D eigenvalue weighted by molar-refractivity contribution is 7.80. The van der Waals surface area contributed by atoms with Gasteiger partial charge in [0.05, 0.1) is 59.3 Å². The minimum Gasteiger partial charge on any atom is -0.463 e. The van der Waals surface area contributed by atoms with Crippen LogP contribution in [-0.2, 0) is 38.0 Å². The highest BCUT2D eigenvalue weighted by Gasteiger charge is 2.20. The number of ether oxygens (including phenoxy) is 6. The van der Waals surface area contributed by atoms with Gasteiger partial charge in [0.15, 0.2) is 0 Å². The molecule has 0 aliphatic heterocycles. The Balaban J connectivity index is 1.75. The minimum atomic E-state index is -0.399. The summed E-state index contributed by atoms with van der Waals surface area (Å²) in [7, 11) is 0. The minimum absolute atomic E-state index is 0.0369. The van der Waals surface area contributed by atoms with Gasteiger partial charge >= 0.3 is 12.1 Å². The lowest BCUT2D eigenvalue weighted by Gasteiger charge is -2.26. The fourth-order valence-electron chi connectivity index (χ4n) is 2.95. The van der Waals surface area contributed by atoms with Gasteiger partial charge in [-0.2, -0.15) is 12.6 Å². The van der Waals surface area contributed by atoms with Gasteiger partial charge in [-0.3, -0.25) is 4.79 Å². The van der Waals surface area contributed by atoms with E-state index in [-0.39, 0.29) is 44.5 Å². The van der Waals surface area contributed by atoms with Crippen molar-refractivity contribution in [1.29, 1.82) is 0 Å². The van der Waals surface area contributed by atoms with E-state index < -0.39 is 12.1 Å². The van der Waals surface area contributed by atoms with Gasteiger partial charge in [0.1, 0.15) is 19.0 Å². The standard InChI is InChI=1S/C22H39NO9S/c1-18(24)2-7-21(25)31-16-14-29-12-10-27-8-9-28-11-13-30-15-17-32-22(26)23-19-3-5-20(33)6-4-19/h19-20,33H,2-17H2,1H3,(H,23,26). The van der Waals surface area contributed by atoms with E-state index in [1.807, 2.05) is 0 Å². The Morgan fingerprint density at radius 2 is 1.15 bits per heavy atom. The topological polar surface area (TPSA) is 119 Å². The number of nitrogens with one attached hydrogen (secondary N) is 1. The summed E-state index contributed by atoms with van der Waals surface area (Å²) in [5.74, 6) is -0.434. The molecule has 0 bridgehead atoms. The first-order valence-corrected chi connectivity index (χ1v) is 12.1. The zero-order valence-electron chi connectivity index (χ0n) is 19.6.